The third-order valence-electron chi connectivity index (χ3n) is 4.87. The zero-order valence-electron chi connectivity index (χ0n) is 13.8. The predicted molar refractivity (Wildman–Crippen MR) is 88.3 cm³/mol. The number of hydrogen-bond donors (Lipinski definition) is 2. The van der Waals surface area contributed by atoms with Gasteiger partial charge in [0.05, 0.1) is 11.8 Å². The molecule has 1 aliphatic rings. The van der Waals surface area contributed by atoms with Crippen LogP contribution in [0.5, 0.6) is 0 Å². The van der Waals surface area contributed by atoms with Gasteiger partial charge in [-0.25, -0.2) is 4.98 Å². The predicted octanol–water partition coefficient (Wildman–Crippen LogP) is 0.371. The zero-order valence-corrected chi connectivity index (χ0v) is 13.8. The average Bonchev–Trinajstić information content (AvgIpc) is 3.08. The first-order chi connectivity index (χ1) is 10.9. The maximum absolute atomic E-state index is 12.7. The van der Waals surface area contributed by atoms with Gasteiger partial charge in [-0.15, -0.1) is 0 Å². The molecule has 1 amide bonds. The maximum Gasteiger partial charge on any atom is 0.273 e. The molecule has 0 saturated carbocycles. The number of amides is 1. The Morgan fingerprint density at radius 2 is 2.17 bits per heavy atom. The fraction of sp³-hybridized carbons (Fsp3) is 0.562. The van der Waals surface area contributed by atoms with Crippen molar-refractivity contribution in [3.05, 3.63) is 27.2 Å². The van der Waals surface area contributed by atoms with E-state index in [4.69, 9.17) is 5.73 Å². The number of carbonyl (C=O) groups is 1. The number of aryl methyl sites for hydroxylation is 3. The van der Waals surface area contributed by atoms with Gasteiger partial charge in [0.15, 0.2) is 5.65 Å². The summed E-state index contributed by atoms with van der Waals surface area (Å²) in [7, 11) is 1.76. The lowest BCUT2D eigenvalue weighted by molar-refractivity contribution is -0.131. The van der Waals surface area contributed by atoms with Crippen molar-refractivity contribution in [3.63, 3.8) is 0 Å². The number of H-pyrrole nitrogens is 1. The molecule has 23 heavy (non-hydrogen) atoms. The first kappa shape index (κ1) is 15.7. The Bertz CT molecular complexity index is 820. The van der Waals surface area contributed by atoms with Crippen LogP contribution >= 0.6 is 0 Å². The van der Waals surface area contributed by atoms with Crippen LogP contribution in [0.15, 0.2) is 4.79 Å². The minimum absolute atomic E-state index is 0.0673. The molecule has 7 nitrogen and oxygen atoms in total. The Labute approximate surface area is 134 Å². The Morgan fingerprint density at radius 3 is 2.87 bits per heavy atom. The van der Waals surface area contributed by atoms with Gasteiger partial charge < -0.3 is 10.6 Å². The molecule has 3 heterocycles. The second-order valence-corrected chi connectivity index (χ2v) is 6.29. The highest BCUT2D eigenvalue weighted by Crippen LogP contribution is 2.23. The molecule has 1 unspecified atom stereocenters. The molecule has 3 rings (SSSR count). The van der Waals surface area contributed by atoms with Crippen LogP contribution in [0, 0.1) is 13.8 Å². The number of nitrogens with one attached hydrogen (secondary N) is 1. The van der Waals surface area contributed by atoms with Gasteiger partial charge >= 0.3 is 0 Å². The molecule has 0 aliphatic carbocycles. The van der Waals surface area contributed by atoms with Gasteiger partial charge in [-0.05, 0) is 37.8 Å². The molecular weight excluding hydrogens is 294 g/mol. The highest BCUT2D eigenvalue weighted by Gasteiger charge is 2.28. The van der Waals surface area contributed by atoms with Crippen molar-refractivity contribution in [2.75, 3.05) is 13.1 Å². The minimum atomic E-state index is -0.165. The molecule has 2 aromatic rings. The summed E-state index contributed by atoms with van der Waals surface area (Å²) in [5, 5.41) is 3.29. The van der Waals surface area contributed by atoms with Crippen LogP contribution in [0.2, 0.25) is 0 Å². The molecule has 0 bridgehead atoms. The van der Waals surface area contributed by atoms with E-state index in [1.165, 1.54) is 0 Å². The summed E-state index contributed by atoms with van der Waals surface area (Å²) in [6, 6.07) is 0.139. The van der Waals surface area contributed by atoms with E-state index in [0.717, 1.165) is 36.2 Å². The van der Waals surface area contributed by atoms with E-state index in [1.807, 2.05) is 18.7 Å². The van der Waals surface area contributed by atoms with E-state index in [-0.39, 0.29) is 23.9 Å². The van der Waals surface area contributed by atoms with E-state index in [2.05, 4.69) is 10.1 Å². The Kier molecular flexibility index (Phi) is 3.97. The second-order valence-electron chi connectivity index (χ2n) is 6.29. The molecule has 0 spiro atoms. The molecule has 2 aromatic heterocycles. The molecule has 0 radical (unpaired) electrons. The molecule has 0 aromatic carbocycles. The summed E-state index contributed by atoms with van der Waals surface area (Å²) in [4.78, 5) is 31.1. The van der Waals surface area contributed by atoms with Crippen LogP contribution in [0.3, 0.4) is 0 Å². The van der Waals surface area contributed by atoms with E-state index < -0.39 is 0 Å². The third-order valence-corrected chi connectivity index (χ3v) is 4.87. The van der Waals surface area contributed by atoms with Gasteiger partial charge in [-0.2, -0.15) is 0 Å². The van der Waals surface area contributed by atoms with Crippen molar-refractivity contribution in [2.45, 2.75) is 39.2 Å². The molecule has 1 fully saturated rings. The Hall–Kier alpha value is -2.15. The molecular formula is C16H23N5O2. The lowest BCUT2D eigenvalue weighted by Gasteiger charge is -2.24. The van der Waals surface area contributed by atoms with Gasteiger partial charge in [0, 0.05) is 31.9 Å². The standard InChI is InChI=1S/C16H23N5O2/c1-9-12(7-13(22)21-6-4-5-11(21)8-17)10(2)18-15-14(9)16(23)19-20(15)3/h11H,4-8,17H2,1-3H3,(H,19,23). The van der Waals surface area contributed by atoms with Crippen molar-refractivity contribution >= 4 is 16.9 Å². The van der Waals surface area contributed by atoms with Gasteiger partial charge in [-0.3, -0.25) is 19.4 Å². The van der Waals surface area contributed by atoms with Crippen LogP contribution in [0.1, 0.15) is 29.7 Å². The number of rotatable bonds is 3. The topological polar surface area (TPSA) is 97.0 Å². The number of aromatic amines is 1. The SMILES string of the molecule is Cc1nc2c(c(C)c1CC(=O)N1CCCC1CN)c(=O)[nH]n2C. The number of hydrogen-bond acceptors (Lipinski definition) is 4. The summed E-state index contributed by atoms with van der Waals surface area (Å²) >= 11 is 0. The van der Waals surface area contributed by atoms with Crippen molar-refractivity contribution in [2.24, 2.45) is 12.8 Å². The van der Waals surface area contributed by atoms with E-state index in [9.17, 15) is 9.59 Å². The number of nitrogens with zero attached hydrogens (tertiary/aromatic N) is 3. The summed E-state index contributed by atoms with van der Waals surface area (Å²) in [6.07, 6.45) is 2.24. The highest BCUT2D eigenvalue weighted by molar-refractivity contribution is 5.85. The molecule has 1 atom stereocenters. The van der Waals surface area contributed by atoms with Crippen LogP contribution in [-0.4, -0.2) is 44.7 Å². The van der Waals surface area contributed by atoms with Crippen molar-refractivity contribution in [1.29, 1.82) is 0 Å². The average molecular weight is 317 g/mol. The summed E-state index contributed by atoms with van der Waals surface area (Å²) in [6.45, 7) is 5.04. The van der Waals surface area contributed by atoms with Gasteiger partial charge in [0.2, 0.25) is 5.91 Å². The Morgan fingerprint density at radius 1 is 1.43 bits per heavy atom. The minimum Gasteiger partial charge on any atom is -0.338 e. The van der Waals surface area contributed by atoms with Gasteiger partial charge in [0.25, 0.3) is 5.56 Å². The molecule has 7 heteroatoms. The largest absolute Gasteiger partial charge is 0.338 e. The lowest BCUT2D eigenvalue weighted by Crippen LogP contribution is -2.40. The molecule has 1 saturated heterocycles. The summed E-state index contributed by atoms with van der Waals surface area (Å²) in [5.41, 5.74) is 8.70. The Balaban J connectivity index is 1.98. The van der Waals surface area contributed by atoms with Crippen LogP contribution in [-0.2, 0) is 18.3 Å². The zero-order chi connectivity index (χ0) is 16.7. The van der Waals surface area contributed by atoms with Crippen molar-refractivity contribution in [1.82, 2.24) is 19.7 Å². The van der Waals surface area contributed by atoms with Gasteiger partial charge in [-0.1, -0.05) is 0 Å². The lowest BCUT2D eigenvalue weighted by atomic mass is 10.0. The first-order valence-corrected chi connectivity index (χ1v) is 7.98. The molecule has 3 N–H and O–H groups in total. The fourth-order valence-electron chi connectivity index (χ4n) is 3.57. The number of pyridine rings is 1. The van der Waals surface area contributed by atoms with Crippen molar-refractivity contribution < 1.29 is 4.79 Å². The van der Waals surface area contributed by atoms with E-state index in [1.54, 1.807) is 11.7 Å². The van der Waals surface area contributed by atoms with Crippen LogP contribution in [0.25, 0.3) is 11.0 Å². The number of nitrogens with two attached hydrogens (primary N) is 1. The number of fused-ring (bicyclic) bond motifs is 1. The highest BCUT2D eigenvalue weighted by atomic mass is 16.2. The van der Waals surface area contributed by atoms with Crippen LogP contribution in [0.4, 0.5) is 0 Å². The summed E-state index contributed by atoms with van der Waals surface area (Å²) in [5.74, 6) is 0.0673. The fourth-order valence-corrected chi connectivity index (χ4v) is 3.57. The maximum atomic E-state index is 12.7. The summed E-state index contributed by atoms with van der Waals surface area (Å²) < 4.78 is 1.62. The third kappa shape index (κ3) is 2.55. The second kappa shape index (κ2) is 5.81. The van der Waals surface area contributed by atoms with E-state index in [0.29, 0.717) is 17.6 Å². The van der Waals surface area contributed by atoms with E-state index >= 15 is 0 Å². The number of aromatic nitrogens is 3. The number of likely N-dealkylation sites (tertiary alicyclic amines) is 1. The van der Waals surface area contributed by atoms with Crippen LogP contribution < -0.4 is 11.3 Å². The number of carbonyl (C=O) groups excluding carboxylic acids is 1. The quantitative estimate of drug-likeness (QED) is 0.855. The molecule has 124 valence electrons. The van der Waals surface area contributed by atoms with Gasteiger partial charge in [0.1, 0.15) is 0 Å². The smallest absolute Gasteiger partial charge is 0.273 e. The monoisotopic (exact) mass is 317 g/mol. The molecule has 1 aliphatic heterocycles. The first-order valence-electron chi connectivity index (χ1n) is 7.98. The van der Waals surface area contributed by atoms with Crippen molar-refractivity contribution in [3.8, 4) is 0 Å². The normalized spacial score (nSPS) is 18.1.